The van der Waals surface area contributed by atoms with E-state index in [1.54, 1.807) is 0 Å². The summed E-state index contributed by atoms with van der Waals surface area (Å²) in [6.07, 6.45) is 2.63. The first-order valence-corrected chi connectivity index (χ1v) is 5.94. The second-order valence-electron chi connectivity index (χ2n) is 4.48. The molecule has 0 aliphatic carbocycles. The summed E-state index contributed by atoms with van der Waals surface area (Å²) < 4.78 is 5.61. The number of benzene rings is 1. The second-order valence-corrected chi connectivity index (χ2v) is 4.48. The zero-order chi connectivity index (χ0) is 12.3. The molecule has 3 N–H and O–H groups in total. The Morgan fingerprint density at radius 3 is 3.06 bits per heavy atom. The highest BCUT2D eigenvalue weighted by Gasteiger charge is 2.17. The number of amidine groups is 1. The SMILES string of the molecule is CN(CC1CCCO1)c1cccc(C(=N)N)c1. The molecule has 0 saturated carbocycles. The monoisotopic (exact) mass is 233 g/mol. The molecule has 1 aliphatic rings. The summed E-state index contributed by atoms with van der Waals surface area (Å²) in [5.74, 6) is 0.109. The molecule has 1 fully saturated rings. The lowest BCUT2D eigenvalue weighted by Gasteiger charge is -2.23. The lowest BCUT2D eigenvalue weighted by atomic mass is 10.1. The number of hydrogen-bond donors (Lipinski definition) is 2. The van der Waals surface area contributed by atoms with Crippen molar-refractivity contribution in [3.8, 4) is 0 Å². The zero-order valence-corrected chi connectivity index (χ0v) is 10.1. The highest BCUT2D eigenvalue weighted by Crippen LogP contribution is 2.18. The van der Waals surface area contributed by atoms with Gasteiger partial charge in [-0.15, -0.1) is 0 Å². The van der Waals surface area contributed by atoms with Gasteiger partial charge in [-0.05, 0) is 25.0 Å². The topological polar surface area (TPSA) is 62.3 Å². The van der Waals surface area contributed by atoms with E-state index in [1.165, 1.54) is 0 Å². The number of ether oxygens (including phenoxy) is 1. The number of rotatable bonds is 4. The van der Waals surface area contributed by atoms with E-state index in [2.05, 4.69) is 4.90 Å². The number of likely N-dealkylation sites (N-methyl/N-ethyl adjacent to an activating group) is 1. The molecular weight excluding hydrogens is 214 g/mol. The van der Waals surface area contributed by atoms with Crippen molar-refractivity contribution in [1.82, 2.24) is 0 Å². The van der Waals surface area contributed by atoms with Crippen LogP contribution in [0.15, 0.2) is 24.3 Å². The van der Waals surface area contributed by atoms with E-state index < -0.39 is 0 Å². The Bertz CT molecular complexity index is 399. The first kappa shape index (κ1) is 11.9. The molecule has 4 nitrogen and oxygen atoms in total. The van der Waals surface area contributed by atoms with Gasteiger partial charge in [-0.1, -0.05) is 12.1 Å². The molecule has 1 unspecified atom stereocenters. The maximum absolute atomic E-state index is 7.43. The van der Waals surface area contributed by atoms with Crippen LogP contribution in [0.4, 0.5) is 5.69 Å². The normalized spacial score (nSPS) is 19.2. The van der Waals surface area contributed by atoms with Gasteiger partial charge in [-0.3, -0.25) is 5.41 Å². The highest BCUT2D eigenvalue weighted by molar-refractivity contribution is 5.95. The smallest absolute Gasteiger partial charge is 0.122 e. The van der Waals surface area contributed by atoms with Crippen molar-refractivity contribution in [3.63, 3.8) is 0 Å². The van der Waals surface area contributed by atoms with Gasteiger partial charge >= 0.3 is 0 Å². The van der Waals surface area contributed by atoms with E-state index in [1.807, 2.05) is 31.3 Å². The third kappa shape index (κ3) is 2.97. The summed E-state index contributed by atoms with van der Waals surface area (Å²) in [4.78, 5) is 2.16. The van der Waals surface area contributed by atoms with Gasteiger partial charge in [0, 0.05) is 31.5 Å². The van der Waals surface area contributed by atoms with Crippen molar-refractivity contribution in [1.29, 1.82) is 5.41 Å². The van der Waals surface area contributed by atoms with Crippen LogP contribution >= 0.6 is 0 Å². The molecule has 0 aromatic heterocycles. The van der Waals surface area contributed by atoms with E-state index in [9.17, 15) is 0 Å². The Morgan fingerprint density at radius 1 is 1.59 bits per heavy atom. The van der Waals surface area contributed by atoms with Crippen LogP contribution in [0.1, 0.15) is 18.4 Å². The maximum Gasteiger partial charge on any atom is 0.122 e. The third-order valence-corrected chi connectivity index (χ3v) is 3.10. The first-order chi connectivity index (χ1) is 8.16. The van der Waals surface area contributed by atoms with Crippen LogP contribution in [-0.4, -0.2) is 32.1 Å². The summed E-state index contributed by atoms with van der Waals surface area (Å²) >= 11 is 0. The molecule has 0 amide bonds. The molecule has 1 aliphatic heterocycles. The average molecular weight is 233 g/mol. The average Bonchev–Trinajstić information content (AvgIpc) is 2.82. The Kier molecular flexibility index (Phi) is 3.64. The van der Waals surface area contributed by atoms with Crippen LogP contribution in [0.2, 0.25) is 0 Å². The van der Waals surface area contributed by atoms with Gasteiger partial charge in [0.15, 0.2) is 0 Å². The van der Waals surface area contributed by atoms with E-state index in [0.29, 0.717) is 6.10 Å². The Labute approximate surface area is 102 Å². The number of hydrogen-bond acceptors (Lipinski definition) is 3. The summed E-state index contributed by atoms with van der Waals surface area (Å²) in [7, 11) is 2.04. The first-order valence-electron chi connectivity index (χ1n) is 5.94. The molecule has 0 radical (unpaired) electrons. The van der Waals surface area contributed by atoms with Crippen molar-refractivity contribution in [2.45, 2.75) is 18.9 Å². The molecule has 17 heavy (non-hydrogen) atoms. The molecule has 1 saturated heterocycles. The standard InChI is InChI=1S/C13H19N3O/c1-16(9-12-6-3-7-17-12)11-5-2-4-10(8-11)13(14)15/h2,4-5,8,12H,3,6-7,9H2,1H3,(H3,14,15). The molecule has 92 valence electrons. The lowest BCUT2D eigenvalue weighted by molar-refractivity contribution is 0.116. The Morgan fingerprint density at radius 2 is 2.41 bits per heavy atom. The Hall–Kier alpha value is -1.55. The van der Waals surface area contributed by atoms with Crippen LogP contribution in [0.3, 0.4) is 0 Å². The van der Waals surface area contributed by atoms with E-state index in [4.69, 9.17) is 15.9 Å². The zero-order valence-electron chi connectivity index (χ0n) is 10.1. The predicted molar refractivity (Wildman–Crippen MR) is 69.7 cm³/mol. The molecule has 1 aromatic carbocycles. The van der Waals surface area contributed by atoms with Crippen LogP contribution < -0.4 is 10.6 Å². The fraction of sp³-hybridized carbons (Fsp3) is 0.462. The molecule has 0 bridgehead atoms. The molecule has 0 spiro atoms. The van der Waals surface area contributed by atoms with E-state index in [-0.39, 0.29) is 5.84 Å². The fourth-order valence-corrected chi connectivity index (χ4v) is 2.11. The summed E-state index contributed by atoms with van der Waals surface area (Å²) in [6.45, 7) is 1.77. The molecular formula is C13H19N3O. The fourth-order valence-electron chi connectivity index (χ4n) is 2.11. The van der Waals surface area contributed by atoms with Crippen molar-refractivity contribution in [3.05, 3.63) is 29.8 Å². The lowest BCUT2D eigenvalue weighted by Crippen LogP contribution is -2.28. The van der Waals surface area contributed by atoms with Gasteiger partial charge in [0.1, 0.15) is 5.84 Å². The van der Waals surface area contributed by atoms with Crippen molar-refractivity contribution < 1.29 is 4.74 Å². The number of nitrogens with two attached hydrogens (primary N) is 1. The minimum Gasteiger partial charge on any atom is -0.384 e. The summed E-state index contributed by atoms with van der Waals surface area (Å²) in [5, 5.41) is 7.43. The Balaban J connectivity index is 2.04. The molecule has 1 aromatic rings. The van der Waals surface area contributed by atoms with Crippen molar-refractivity contribution in [2.75, 3.05) is 25.1 Å². The summed E-state index contributed by atoms with van der Waals surface area (Å²) in [5.41, 5.74) is 7.33. The van der Waals surface area contributed by atoms with Crippen LogP contribution in [0.5, 0.6) is 0 Å². The number of nitrogen functional groups attached to an aromatic ring is 1. The second kappa shape index (κ2) is 5.19. The highest BCUT2D eigenvalue weighted by atomic mass is 16.5. The van der Waals surface area contributed by atoms with Gasteiger partial charge in [0.2, 0.25) is 0 Å². The predicted octanol–water partition coefficient (Wildman–Crippen LogP) is 1.59. The van der Waals surface area contributed by atoms with Crippen LogP contribution in [-0.2, 0) is 4.74 Å². The van der Waals surface area contributed by atoms with E-state index in [0.717, 1.165) is 37.2 Å². The molecule has 1 heterocycles. The van der Waals surface area contributed by atoms with E-state index >= 15 is 0 Å². The largest absolute Gasteiger partial charge is 0.384 e. The van der Waals surface area contributed by atoms with Gasteiger partial charge in [0.05, 0.1) is 6.10 Å². The van der Waals surface area contributed by atoms with Gasteiger partial charge in [-0.25, -0.2) is 0 Å². The third-order valence-electron chi connectivity index (χ3n) is 3.10. The van der Waals surface area contributed by atoms with Crippen LogP contribution in [0.25, 0.3) is 0 Å². The molecule has 4 heteroatoms. The van der Waals surface area contributed by atoms with Crippen molar-refractivity contribution >= 4 is 11.5 Å². The summed E-state index contributed by atoms with van der Waals surface area (Å²) in [6, 6.07) is 7.75. The minimum absolute atomic E-state index is 0.109. The quantitative estimate of drug-likeness (QED) is 0.613. The van der Waals surface area contributed by atoms with Gasteiger partial charge < -0.3 is 15.4 Å². The number of nitrogens with zero attached hydrogens (tertiary/aromatic N) is 1. The number of nitrogens with one attached hydrogen (secondary N) is 1. The molecule has 2 rings (SSSR count). The minimum atomic E-state index is 0.109. The molecule has 1 atom stereocenters. The van der Waals surface area contributed by atoms with Gasteiger partial charge in [-0.2, -0.15) is 0 Å². The maximum atomic E-state index is 7.43. The number of anilines is 1. The van der Waals surface area contributed by atoms with Crippen molar-refractivity contribution in [2.24, 2.45) is 5.73 Å². The van der Waals surface area contributed by atoms with Gasteiger partial charge in [0.25, 0.3) is 0 Å². The van der Waals surface area contributed by atoms with Crippen LogP contribution in [0, 0.1) is 5.41 Å².